The fraction of sp³-hybridized carbons (Fsp3) is 0.476. The first-order chi connectivity index (χ1) is 13.2. The predicted octanol–water partition coefficient (Wildman–Crippen LogP) is 3.75. The summed E-state index contributed by atoms with van der Waals surface area (Å²) in [6.45, 7) is 6.38. The average Bonchev–Trinajstić information content (AvgIpc) is 3.40. The van der Waals surface area contributed by atoms with Gasteiger partial charge in [-0.1, -0.05) is 6.07 Å². The van der Waals surface area contributed by atoms with E-state index < -0.39 is 0 Å². The van der Waals surface area contributed by atoms with Crippen LogP contribution < -0.4 is 10.2 Å². The predicted molar refractivity (Wildman–Crippen MR) is 111 cm³/mol. The number of amides is 1. The van der Waals surface area contributed by atoms with Crippen molar-refractivity contribution in [3.63, 3.8) is 0 Å². The average molecular weight is 386 g/mol. The molecular formula is C21H27N3O2S. The van der Waals surface area contributed by atoms with Gasteiger partial charge < -0.3 is 15.0 Å². The fourth-order valence-corrected chi connectivity index (χ4v) is 4.90. The number of carbonyl (C=O) groups excluding carboxylic acids is 1. The molecule has 27 heavy (non-hydrogen) atoms. The number of benzene rings is 1. The molecule has 0 unspecified atom stereocenters. The highest BCUT2D eigenvalue weighted by Gasteiger charge is 2.33. The molecule has 2 aliphatic rings. The number of ether oxygens (including phenoxy) is 1. The van der Waals surface area contributed by atoms with Crippen LogP contribution in [0.15, 0.2) is 41.8 Å². The lowest BCUT2D eigenvalue weighted by Gasteiger charge is -2.30. The lowest BCUT2D eigenvalue weighted by molar-refractivity contribution is -0.121. The van der Waals surface area contributed by atoms with Crippen molar-refractivity contribution >= 4 is 28.6 Å². The number of morpholine rings is 1. The molecule has 0 radical (unpaired) electrons. The summed E-state index contributed by atoms with van der Waals surface area (Å²) in [5.41, 5.74) is 2.04. The van der Waals surface area contributed by atoms with Crippen LogP contribution in [0.5, 0.6) is 0 Å². The van der Waals surface area contributed by atoms with Gasteiger partial charge in [0, 0.05) is 35.4 Å². The van der Waals surface area contributed by atoms with Crippen LogP contribution in [0.3, 0.4) is 0 Å². The van der Waals surface area contributed by atoms with Gasteiger partial charge in [-0.15, -0.1) is 11.3 Å². The summed E-state index contributed by atoms with van der Waals surface area (Å²) >= 11 is 1.79. The maximum Gasteiger partial charge on any atom is 0.241 e. The molecule has 1 N–H and O–H groups in total. The molecule has 6 heteroatoms. The van der Waals surface area contributed by atoms with E-state index in [1.807, 2.05) is 19.1 Å². The molecule has 2 saturated heterocycles. The van der Waals surface area contributed by atoms with E-state index in [0.717, 1.165) is 51.4 Å². The first kappa shape index (κ1) is 18.5. The van der Waals surface area contributed by atoms with E-state index >= 15 is 0 Å². The van der Waals surface area contributed by atoms with E-state index in [1.165, 1.54) is 10.6 Å². The summed E-state index contributed by atoms with van der Waals surface area (Å²) in [5, 5.41) is 5.21. The maximum absolute atomic E-state index is 12.8. The van der Waals surface area contributed by atoms with Crippen molar-refractivity contribution in [2.75, 3.05) is 43.1 Å². The molecule has 0 aliphatic carbocycles. The van der Waals surface area contributed by atoms with Crippen LogP contribution in [0.2, 0.25) is 0 Å². The lowest BCUT2D eigenvalue weighted by atomic mass is 10.1. The van der Waals surface area contributed by atoms with Gasteiger partial charge in [0.05, 0.1) is 19.3 Å². The molecule has 2 atom stereocenters. The Morgan fingerprint density at radius 3 is 2.67 bits per heavy atom. The van der Waals surface area contributed by atoms with Gasteiger partial charge in [-0.25, -0.2) is 0 Å². The smallest absolute Gasteiger partial charge is 0.241 e. The zero-order valence-electron chi connectivity index (χ0n) is 15.8. The number of hydrogen-bond donors (Lipinski definition) is 1. The zero-order valence-corrected chi connectivity index (χ0v) is 16.6. The van der Waals surface area contributed by atoms with Gasteiger partial charge in [0.15, 0.2) is 0 Å². The second kappa shape index (κ2) is 8.42. The molecule has 0 spiro atoms. The monoisotopic (exact) mass is 385 g/mol. The molecule has 0 bridgehead atoms. The Kier molecular flexibility index (Phi) is 5.76. The number of likely N-dealkylation sites (tertiary alicyclic amines) is 1. The van der Waals surface area contributed by atoms with Gasteiger partial charge in [0.25, 0.3) is 0 Å². The van der Waals surface area contributed by atoms with Crippen LogP contribution >= 0.6 is 11.3 Å². The summed E-state index contributed by atoms with van der Waals surface area (Å²) in [6.07, 6.45) is 2.28. The normalized spacial score (nSPS) is 22.0. The third kappa shape index (κ3) is 4.18. The molecule has 2 fully saturated rings. The van der Waals surface area contributed by atoms with E-state index in [2.05, 4.69) is 44.8 Å². The number of thiophene rings is 1. The lowest BCUT2D eigenvalue weighted by Crippen LogP contribution is -2.41. The maximum atomic E-state index is 12.8. The van der Waals surface area contributed by atoms with E-state index in [0.29, 0.717) is 6.04 Å². The SMILES string of the molecule is C[C@H](C(=O)Nc1ccc(N2CCOCC2)cc1)N1CCC[C@@H]1c1cccs1. The van der Waals surface area contributed by atoms with Crippen molar-refractivity contribution in [1.82, 2.24) is 4.90 Å². The fourth-order valence-electron chi connectivity index (χ4n) is 4.01. The first-order valence-electron chi connectivity index (χ1n) is 9.75. The summed E-state index contributed by atoms with van der Waals surface area (Å²) in [7, 11) is 0. The van der Waals surface area contributed by atoms with Gasteiger partial charge in [-0.05, 0) is 62.0 Å². The first-order valence-corrected chi connectivity index (χ1v) is 10.6. The molecule has 1 aromatic carbocycles. The number of carbonyl (C=O) groups is 1. The van der Waals surface area contributed by atoms with Crippen LogP contribution in [0.4, 0.5) is 11.4 Å². The Labute approximate surface area is 164 Å². The van der Waals surface area contributed by atoms with Crippen LogP contribution in [0, 0.1) is 0 Å². The summed E-state index contributed by atoms with van der Waals surface area (Å²) in [5.74, 6) is 0.0672. The van der Waals surface area contributed by atoms with Gasteiger partial charge >= 0.3 is 0 Å². The quantitative estimate of drug-likeness (QED) is 0.851. The Hall–Kier alpha value is -1.89. The molecule has 1 aromatic heterocycles. The number of anilines is 2. The third-order valence-corrected chi connectivity index (χ3v) is 6.53. The highest BCUT2D eigenvalue weighted by atomic mass is 32.1. The largest absolute Gasteiger partial charge is 0.378 e. The number of hydrogen-bond acceptors (Lipinski definition) is 5. The van der Waals surface area contributed by atoms with Crippen LogP contribution in [-0.4, -0.2) is 49.7 Å². The Bertz CT molecular complexity index is 741. The minimum absolute atomic E-state index is 0.0672. The Balaban J connectivity index is 1.38. The molecule has 3 heterocycles. The van der Waals surface area contributed by atoms with Crippen molar-refractivity contribution in [3.05, 3.63) is 46.7 Å². The Morgan fingerprint density at radius 2 is 1.96 bits per heavy atom. The Morgan fingerprint density at radius 1 is 1.19 bits per heavy atom. The van der Waals surface area contributed by atoms with E-state index in [4.69, 9.17) is 4.74 Å². The van der Waals surface area contributed by atoms with Gasteiger partial charge in [-0.3, -0.25) is 9.69 Å². The second-order valence-corrected chi connectivity index (χ2v) is 8.20. The van der Waals surface area contributed by atoms with Crippen molar-refractivity contribution < 1.29 is 9.53 Å². The van der Waals surface area contributed by atoms with Gasteiger partial charge in [-0.2, -0.15) is 0 Å². The number of nitrogens with zero attached hydrogens (tertiary/aromatic N) is 2. The van der Waals surface area contributed by atoms with Crippen molar-refractivity contribution in [1.29, 1.82) is 0 Å². The van der Waals surface area contributed by atoms with Gasteiger partial charge in [0.1, 0.15) is 0 Å². The molecular weight excluding hydrogens is 358 g/mol. The molecule has 2 aromatic rings. The minimum atomic E-state index is -0.140. The molecule has 5 nitrogen and oxygen atoms in total. The second-order valence-electron chi connectivity index (χ2n) is 7.22. The van der Waals surface area contributed by atoms with E-state index in [-0.39, 0.29) is 11.9 Å². The number of rotatable bonds is 5. The topological polar surface area (TPSA) is 44.8 Å². The van der Waals surface area contributed by atoms with Crippen molar-refractivity contribution in [2.24, 2.45) is 0 Å². The van der Waals surface area contributed by atoms with E-state index in [1.54, 1.807) is 11.3 Å². The van der Waals surface area contributed by atoms with Crippen molar-refractivity contribution in [2.45, 2.75) is 31.8 Å². The standard InChI is InChI=1S/C21H27N3O2S/c1-16(24-10-2-4-19(24)20-5-3-15-27-20)21(25)22-17-6-8-18(9-7-17)23-11-13-26-14-12-23/h3,5-9,15-16,19H,2,4,10-14H2,1H3,(H,22,25)/t16-,19-/m1/s1. The summed E-state index contributed by atoms with van der Waals surface area (Å²) < 4.78 is 5.41. The molecule has 1 amide bonds. The summed E-state index contributed by atoms with van der Waals surface area (Å²) in [6, 6.07) is 12.7. The molecule has 0 saturated carbocycles. The van der Waals surface area contributed by atoms with E-state index in [9.17, 15) is 4.79 Å². The minimum Gasteiger partial charge on any atom is -0.378 e. The highest BCUT2D eigenvalue weighted by Crippen LogP contribution is 2.36. The highest BCUT2D eigenvalue weighted by molar-refractivity contribution is 7.10. The number of nitrogens with one attached hydrogen (secondary N) is 1. The molecule has 4 rings (SSSR count). The zero-order chi connectivity index (χ0) is 18.6. The summed E-state index contributed by atoms with van der Waals surface area (Å²) in [4.78, 5) is 18.8. The van der Waals surface area contributed by atoms with Crippen LogP contribution in [-0.2, 0) is 9.53 Å². The van der Waals surface area contributed by atoms with Gasteiger partial charge in [0.2, 0.25) is 5.91 Å². The van der Waals surface area contributed by atoms with Crippen LogP contribution in [0.1, 0.15) is 30.7 Å². The van der Waals surface area contributed by atoms with Crippen molar-refractivity contribution in [3.8, 4) is 0 Å². The third-order valence-electron chi connectivity index (χ3n) is 5.55. The molecule has 2 aliphatic heterocycles. The molecule has 144 valence electrons. The van der Waals surface area contributed by atoms with Crippen LogP contribution in [0.25, 0.3) is 0 Å².